The lowest BCUT2D eigenvalue weighted by atomic mass is 10.1. The average molecular weight is 237 g/mol. The summed E-state index contributed by atoms with van der Waals surface area (Å²) in [7, 11) is 0. The zero-order valence-electron chi connectivity index (χ0n) is 7.61. The number of ether oxygens (including phenoxy) is 1. The van der Waals surface area contributed by atoms with Crippen molar-refractivity contribution in [1.82, 2.24) is 0 Å². The normalized spacial score (nSPS) is 11.0. The van der Waals surface area contributed by atoms with Gasteiger partial charge in [0.05, 0.1) is 12.5 Å². The molecule has 0 spiro atoms. The highest BCUT2D eigenvalue weighted by molar-refractivity contribution is 5.33. The number of nitrogens with zero attached hydrogens (tertiary/aromatic N) is 1. The third-order valence-corrected chi connectivity index (χ3v) is 1.57. The second-order valence-electron chi connectivity index (χ2n) is 2.76. The molecule has 0 aliphatic rings. The largest absolute Gasteiger partial charge is 0.573 e. The number of halogens is 5. The van der Waals surface area contributed by atoms with E-state index in [-0.39, 0.29) is 6.07 Å². The van der Waals surface area contributed by atoms with E-state index in [1.165, 1.54) is 6.07 Å². The molecule has 0 heterocycles. The maximum atomic E-state index is 13.2. The first-order chi connectivity index (χ1) is 7.33. The first-order valence-corrected chi connectivity index (χ1v) is 3.94. The van der Waals surface area contributed by atoms with Crippen LogP contribution >= 0.6 is 0 Å². The first-order valence-electron chi connectivity index (χ1n) is 3.94. The lowest BCUT2D eigenvalue weighted by Crippen LogP contribution is -2.18. The molecular formula is C9H4F5NO. The van der Waals surface area contributed by atoms with Crippen molar-refractivity contribution in [2.24, 2.45) is 0 Å². The van der Waals surface area contributed by atoms with Gasteiger partial charge in [0.2, 0.25) is 0 Å². The molecule has 1 aromatic rings. The van der Waals surface area contributed by atoms with Gasteiger partial charge in [0.1, 0.15) is 5.82 Å². The van der Waals surface area contributed by atoms with Crippen molar-refractivity contribution in [1.29, 1.82) is 5.26 Å². The van der Waals surface area contributed by atoms with Crippen LogP contribution in [0.15, 0.2) is 12.1 Å². The van der Waals surface area contributed by atoms with Crippen LogP contribution in [0.1, 0.15) is 5.56 Å². The van der Waals surface area contributed by atoms with E-state index in [0.717, 1.165) is 0 Å². The lowest BCUT2D eigenvalue weighted by Gasteiger charge is -2.11. The highest BCUT2D eigenvalue weighted by Gasteiger charge is 2.33. The van der Waals surface area contributed by atoms with E-state index in [9.17, 15) is 22.0 Å². The zero-order valence-corrected chi connectivity index (χ0v) is 7.61. The molecule has 0 unspecified atom stereocenters. The van der Waals surface area contributed by atoms with Gasteiger partial charge in [0, 0.05) is 11.6 Å². The molecule has 0 saturated carbocycles. The molecule has 0 aromatic heterocycles. The Hall–Kier alpha value is -1.84. The van der Waals surface area contributed by atoms with Crippen molar-refractivity contribution < 1.29 is 26.7 Å². The molecular weight excluding hydrogens is 233 g/mol. The Morgan fingerprint density at radius 2 is 1.88 bits per heavy atom. The summed E-state index contributed by atoms with van der Waals surface area (Å²) in [6.45, 7) is 0. The number of hydrogen-bond acceptors (Lipinski definition) is 2. The van der Waals surface area contributed by atoms with Crippen molar-refractivity contribution in [2.75, 3.05) is 0 Å². The second kappa shape index (κ2) is 4.35. The van der Waals surface area contributed by atoms with E-state index < -0.39 is 35.7 Å². The minimum absolute atomic E-state index is 0.268. The Morgan fingerprint density at radius 1 is 1.25 bits per heavy atom. The van der Waals surface area contributed by atoms with E-state index in [1.54, 1.807) is 0 Å². The predicted octanol–water partition coefficient (Wildman–Crippen LogP) is 2.93. The lowest BCUT2D eigenvalue weighted by molar-refractivity contribution is -0.275. The number of nitriles is 1. The molecule has 1 aromatic carbocycles. The minimum atomic E-state index is -5.11. The number of alkyl halides is 3. The Labute approximate surface area is 86.9 Å². The third-order valence-electron chi connectivity index (χ3n) is 1.57. The Balaban J connectivity index is 3.15. The summed E-state index contributed by atoms with van der Waals surface area (Å²) in [5.74, 6) is -3.77. The van der Waals surface area contributed by atoms with E-state index in [0.29, 0.717) is 6.07 Å². The Kier molecular flexibility index (Phi) is 3.32. The molecule has 0 aliphatic carbocycles. The molecule has 0 amide bonds. The molecule has 0 saturated heterocycles. The van der Waals surface area contributed by atoms with Crippen LogP contribution in [0, 0.1) is 23.0 Å². The van der Waals surface area contributed by atoms with Gasteiger partial charge < -0.3 is 4.74 Å². The summed E-state index contributed by atoms with van der Waals surface area (Å²) in [4.78, 5) is 0. The van der Waals surface area contributed by atoms with E-state index in [4.69, 9.17) is 5.26 Å². The first kappa shape index (κ1) is 12.2. The van der Waals surface area contributed by atoms with Crippen molar-refractivity contribution in [3.63, 3.8) is 0 Å². The topological polar surface area (TPSA) is 33.0 Å². The molecule has 0 aliphatic heterocycles. The van der Waals surface area contributed by atoms with Crippen molar-refractivity contribution in [3.05, 3.63) is 29.3 Å². The van der Waals surface area contributed by atoms with Crippen LogP contribution in [0.5, 0.6) is 5.75 Å². The van der Waals surface area contributed by atoms with Crippen LogP contribution in [0.2, 0.25) is 0 Å². The van der Waals surface area contributed by atoms with Crippen molar-refractivity contribution >= 4 is 0 Å². The summed E-state index contributed by atoms with van der Waals surface area (Å²) < 4.78 is 64.7. The van der Waals surface area contributed by atoms with Crippen LogP contribution in [0.3, 0.4) is 0 Å². The summed E-state index contributed by atoms with van der Waals surface area (Å²) in [5.41, 5.74) is -0.484. The van der Waals surface area contributed by atoms with Gasteiger partial charge in [-0.2, -0.15) is 5.26 Å². The molecule has 0 fully saturated rings. The number of rotatable bonds is 2. The predicted molar refractivity (Wildman–Crippen MR) is 42.4 cm³/mol. The molecule has 7 heteroatoms. The van der Waals surface area contributed by atoms with Gasteiger partial charge in [0.25, 0.3) is 0 Å². The van der Waals surface area contributed by atoms with E-state index >= 15 is 0 Å². The number of benzene rings is 1. The SMILES string of the molecule is N#CCc1cc(F)cc(OC(F)(F)F)c1F. The maximum absolute atomic E-state index is 13.2. The summed E-state index contributed by atoms with van der Waals surface area (Å²) in [5, 5.41) is 8.26. The van der Waals surface area contributed by atoms with Gasteiger partial charge in [-0.05, 0) is 6.07 Å². The Bertz CT molecular complexity index is 435. The average Bonchev–Trinajstić information content (AvgIpc) is 2.11. The molecule has 0 atom stereocenters. The van der Waals surface area contributed by atoms with Gasteiger partial charge in [-0.25, -0.2) is 8.78 Å². The molecule has 2 nitrogen and oxygen atoms in total. The molecule has 0 bridgehead atoms. The molecule has 86 valence electrons. The highest BCUT2D eigenvalue weighted by Crippen LogP contribution is 2.28. The fourth-order valence-electron chi connectivity index (χ4n) is 1.03. The van der Waals surface area contributed by atoms with Gasteiger partial charge in [0.15, 0.2) is 11.6 Å². The molecule has 0 N–H and O–H groups in total. The van der Waals surface area contributed by atoms with Gasteiger partial charge in [-0.3, -0.25) is 0 Å². The van der Waals surface area contributed by atoms with Crippen molar-refractivity contribution in [2.45, 2.75) is 12.8 Å². The summed E-state index contributed by atoms with van der Waals surface area (Å²) >= 11 is 0. The maximum Gasteiger partial charge on any atom is 0.573 e. The zero-order chi connectivity index (χ0) is 12.3. The van der Waals surface area contributed by atoms with E-state index in [2.05, 4.69) is 4.74 Å². The minimum Gasteiger partial charge on any atom is -0.403 e. The van der Waals surface area contributed by atoms with Crippen LogP contribution in [-0.4, -0.2) is 6.36 Å². The second-order valence-corrected chi connectivity index (χ2v) is 2.76. The van der Waals surface area contributed by atoms with Gasteiger partial charge in [-0.15, -0.1) is 13.2 Å². The van der Waals surface area contributed by atoms with E-state index in [1.807, 2.05) is 0 Å². The number of hydrogen-bond donors (Lipinski definition) is 0. The quantitative estimate of drug-likeness (QED) is 0.741. The summed E-state index contributed by atoms with van der Waals surface area (Å²) in [6, 6.07) is 2.41. The monoisotopic (exact) mass is 237 g/mol. The highest BCUT2D eigenvalue weighted by atomic mass is 19.4. The molecule has 1 rings (SSSR count). The standard InChI is InChI=1S/C9H4F5NO/c10-6-3-5(1-2-15)8(11)7(4-6)16-9(12,13)14/h3-4H,1H2. The van der Waals surface area contributed by atoms with Gasteiger partial charge >= 0.3 is 6.36 Å². The van der Waals surface area contributed by atoms with Crippen molar-refractivity contribution in [3.8, 4) is 11.8 Å². The Morgan fingerprint density at radius 3 is 2.38 bits per heavy atom. The van der Waals surface area contributed by atoms with Crippen LogP contribution < -0.4 is 4.74 Å². The third kappa shape index (κ3) is 3.08. The van der Waals surface area contributed by atoms with Crippen LogP contribution in [0.25, 0.3) is 0 Å². The molecule has 0 radical (unpaired) electrons. The smallest absolute Gasteiger partial charge is 0.403 e. The molecule has 16 heavy (non-hydrogen) atoms. The van der Waals surface area contributed by atoms with Crippen LogP contribution in [-0.2, 0) is 6.42 Å². The fourth-order valence-corrected chi connectivity index (χ4v) is 1.03. The fraction of sp³-hybridized carbons (Fsp3) is 0.222. The van der Waals surface area contributed by atoms with Crippen LogP contribution in [0.4, 0.5) is 22.0 Å². The summed E-state index contributed by atoms with van der Waals surface area (Å²) in [6.07, 6.45) is -5.66. The van der Waals surface area contributed by atoms with Gasteiger partial charge in [-0.1, -0.05) is 0 Å².